The van der Waals surface area contributed by atoms with Crippen LogP contribution in [0.5, 0.6) is 11.5 Å². The first-order chi connectivity index (χ1) is 14.9. The van der Waals surface area contributed by atoms with Crippen molar-refractivity contribution in [3.05, 3.63) is 103 Å². The van der Waals surface area contributed by atoms with Gasteiger partial charge in [-0.15, -0.1) is 0 Å². The molecule has 2 N–H and O–H groups in total. The number of phenols is 2. The van der Waals surface area contributed by atoms with Gasteiger partial charge in [-0.1, -0.05) is 64.1 Å². The third-order valence-electron chi connectivity index (χ3n) is 6.12. The SMILES string of the molecule is CC(C)(c1ccc(C(C)(C)c2ccc(O)c([N+](=O)[O-])c2)cc1)c1ccc(O)c([N+](=O)[O-])c1. The Balaban J connectivity index is 1.98. The van der Waals surface area contributed by atoms with Gasteiger partial charge in [-0.2, -0.15) is 0 Å². The maximum Gasteiger partial charge on any atom is 0.310 e. The molecule has 0 aliphatic rings. The van der Waals surface area contributed by atoms with Crippen LogP contribution in [0.25, 0.3) is 0 Å². The number of aromatic hydroxyl groups is 2. The van der Waals surface area contributed by atoms with Crippen LogP contribution in [0, 0.1) is 20.2 Å². The highest BCUT2D eigenvalue weighted by Crippen LogP contribution is 2.39. The van der Waals surface area contributed by atoms with Gasteiger partial charge in [0.25, 0.3) is 0 Å². The third-order valence-corrected chi connectivity index (χ3v) is 6.12. The Hall–Kier alpha value is -3.94. The van der Waals surface area contributed by atoms with E-state index in [9.17, 15) is 30.4 Å². The van der Waals surface area contributed by atoms with Crippen LogP contribution in [0.15, 0.2) is 60.7 Å². The maximum atomic E-state index is 11.2. The molecule has 0 fully saturated rings. The second-order valence-electron chi connectivity index (χ2n) is 8.75. The molecule has 0 radical (unpaired) electrons. The maximum absolute atomic E-state index is 11.2. The zero-order valence-electron chi connectivity index (χ0n) is 18.2. The molecule has 8 heteroatoms. The molecular weight excluding hydrogens is 412 g/mol. The fourth-order valence-electron chi connectivity index (χ4n) is 3.75. The molecule has 3 rings (SSSR count). The standard InChI is InChI=1S/C24H24N2O6/c1-23(2,17-9-11-21(27)19(13-17)25(29)30)15-5-7-16(8-6-15)24(3,4)18-10-12-22(28)20(14-18)26(31)32/h5-14,27-28H,1-4H3. The lowest BCUT2D eigenvalue weighted by Crippen LogP contribution is -2.21. The molecule has 0 bridgehead atoms. The molecule has 0 saturated heterocycles. The van der Waals surface area contributed by atoms with Gasteiger partial charge < -0.3 is 10.2 Å². The molecule has 0 spiro atoms. The van der Waals surface area contributed by atoms with E-state index >= 15 is 0 Å². The van der Waals surface area contributed by atoms with Gasteiger partial charge in [-0.3, -0.25) is 20.2 Å². The summed E-state index contributed by atoms with van der Waals surface area (Å²) >= 11 is 0. The predicted molar refractivity (Wildman–Crippen MR) is 120 cm³/mol. The van der Waals surface area contributed by atoms with Crippen molar-refractivity contribution in [3.63, 3.8) is 0 Å². The molecule has 32 heavy (non-hydrogen) atoms. The van der Waals surface area contributed by atoms with Crippen LogP contribution < -0.4 is 0 Å². The highest BCUT2D eigenvalue weighted by Gasteiger charge is 2.29. The molecule has 3 aromatic carbocycles. The van der Waals surface area contributed by atoms with E-state index in [4.69, 9.17) is 0 Å². The molecule has 0 aliphatic heterocycles. The van der Waals surface area contributed by atoms with E-state index in [1.165, 1.54) is 24.3 Å². The number of phenolic OH excluding ortho intramolecular Hbond substituents is 2. The molecule has 0 aromatic heterocycles. The van der Waals surface area contributed by atoms with Crippen molar-refractivity contribution in [2.75, 3.05) is 0 Å². The largest absolute Gasteiger partial charge is 0.502 e. The van der Waals surface area contributed by atoms with E-state index in [1.54, 1.807) is 12.1 Å². The van der Waals surface area contributed by atoms with Crippen molar-refractivity contribution in [1.29, 1.82) is 0 Å². The quantitative estimate of drug-likeness (QED) is 0.384. The zero-order chi connectivity index (χ0) is 23.8. The lowest BCUT2D eigenvalue weighted by molar-refractivity contribution is -0.386. The van der Waals surface area contributed by atoms with Crippen molar-refractivity contribution < 1.29 is 20.1 Å². The molecule has 166 valence electrons. The van der Waals surface area contributed by atoms with E-state index in [2.05, 4.69) is 0 Å². The Labute approximate surface area is 185 Å². The summed E-state index contributed by atoms with van der Waals surface area (Å²) in [5.41, 5.74) is 1.36. The van der Waals surface area contributed by atoms with Crippen LogP contribution in [0.2, 0.25) is 0 Å². The minimum Gasteiger partial charge on any atom is -0.502 e. The Morgan fingerprint density at radius 2 is 0.875 bits per heavy atom. The molecule has 8 nitrogen and oxygen atoms in total. The number of nitro groups is 2. The lowest BCUT2D eigenvalue weighted by Gasteiger charge is -2.29. The Morgan fingerprint density at radius 3 is 1.16 bits per heavy atom. The van der Waals surface area contributed by atoms with Gasteiger partial charge in [0.05, 0.1) is 9.85 Å². The molecular formula is C24H24N2O6. The minimum absolute atomic E-state index is 0.345. The first-order valence-electron chi connectivity index (χ1n) is 9.92. The van der Waals surface area contributed by atoms with Crippen molar-refractivity contribution in [2.24, 2.45) is 0 Å². The number of hydrogen-bond donors (Lipinski definition) is 2. The Bertz CT molecular complexity index is 1110. The van der Waals surface area contributed by atoms with Gasteiger partial charge in [-0.05, 0) is 34.4 Å². The number of benzene rings is 3. The number of nitro benzene ring substituents is 2. The van der Waals surface area contributed by atoms with E-state index in [1.807, 2.05) is 52.0 Å². The van der Waals surface area contributed by atoms with Gasteiger partial charge in [0.15, 0.2) is 11.5 Å². The molecule has 0 atom stereocenters. The summed E-state index contributed by atoms with van der Waals surface area (Å²) in [6.45, 7) is 7.75. The van der Waals surface area contributed by atoms with Gasteiger partial charge in [0.2, 0.25) is 0 Å². The normalized spacial score (nSPS) is 11.9. The fourth-order valence-corrected chi connectivity index (χ4v) is 3.75. The van der Waals surface area contributed by atoms with Gasteiger partial charge >= 0.3 is 11.4 Å². The van der Waals surface area contributed by atoms with E-state index < -0.39 is 20.7 Å². The van der Waals surface area contributed by atoms with Crippen LogP contribution in [-0.2, 0) is 10.8 Å². The lowest BCUT2D eigenvalue weighted by atomic mass is 9.74. The molecule has 0 amide bonds. The summed E-state index contributed by atoms with van der Waals surface area (Å²) in [4.78, 5) is 21.2. The van der Waals surface area contributed by atoms with Crippen molar-refractivity contribution >= 4 is 11.4 Å². The molecule has 3 aromatic rings. The monoisotopic (exact) mass is 436 g/mol. The van der Waals surface area contributed by atoms with Crippen LogP contribution in [0.4, 0.5) is 11.4 Å². The summed E-state index contributed by atoms with van der Waals surface area (Å²) in [6, 6.07) is 16.4. The summed E-state index contributed by atoms with van der Waals surface area (Å²) in [6.07, 6.45) is 0. The summed E-state index contributed by atoms with van der Waals surface area (Å²) in [5.74, 6) is -0.760. The second kappa shape index (κ2) is 7.96. The van der Waals surface area contributed by atoms with Crippen LogP contribution >= 0.6 is 0 Å². The van der Waals surface area contributed by atoms with Gasteiger partial charge in [-0.25, -0.2) is 0 Å². The average molecular weight is 436 g/mol. The first kappa shape index (κ1) is 22.7. The molecule has 0 aliphatic carbocycles. The van der Waals surface area contributed by atoms with Crippen molar-refractivity contribution in [1.82, 2.24) is 0 Å². The number of hydrogen-bond acceptors (Lipinski definition) is 6. The Morgan fingerprint density at radius 1 is 0.594 bits per heavy atom. The topological polar surface area (TPSA) is 127 Å². The van der Waals surface area contributed by atoms with E-state index in [0.717, 1.165) is 11.1 Å². The number of nitrogens with zero attached hydrogens (tertiary/aromatic N) is 2. The third kappa shape index (κ3) is 3.99. The first-order valence-corrected chi connectivity index (χ1v) is 9.92. The van der Waals surface area contributed by atoms with Crippen molar-refractivity contribution in [2.45, 2.75) is 38.5 Å². The number of rotatable bonds is 6. The zero-order valence-corrected chi connectivity index (χ0v) is 18.2. The predicted octanol–water partition coefficient (Wildman–Crippen LogP) is 5.57. The smallest absolute Gasteiger partial charge is 0.310 e. The van der Waals surface area contributed by atoms with E-state index in [-0.39, 0.29) is 22.9 Å². The molecule has 0 saturated carbocycles. The fraction of sp³-hybridized carbons (Fsp3) is 0.250. The highest BCUT2D eigenvalue weighted by molar-refractivity contribution is 5.53. The van der Waals surface area contributed by atoms with E-state index in [0.29, 0.717) is 11.1 Å². The minimum atomic E-state index is -0.614. The van der Waals surface area contributed by atoms with Crippen LogP contribution in [0.3, 0.4) is 0 Å². The average Bonchev–Trinajstić information content (AvgIpc) is 2.73. The molecule has 0 heterocycles. The van der Waals surface area contributed by atoms with Gasteiger partial charge in [0.1, 0.15) is 0 Å². The second-order valence-corrected chi connectivity index (χ2v) is 8.75. The van der Waals surface area contributed by atoms with Crippen LogP contribution in [-0.4, -0.2) is 20.1 Å². The van der Waals surface area contributed by atoms with Gasteiger partial charge in [0, 0.05) is 23.0 Å². The van der Waals surface area contributed by atoms with Crippen molar-refractivity contribution in [3.8, 4) is 11.5 Å². The summed E-state index contributed by atoms with van der Waals surface area (Å²) < 4.78 is 0. The summed E-state index contributed by atoms with van der Waals surface area (Å²) in [7, 11) is 0. The van der Waals surface area contributed by atoms with Crippen LogP contribution in [0.1, 0.15) is 49.9 Å². The Kier molecular flexibility index (Phi) is 5.65. The summed E-state index contributed by atoms with van der Waals surface area (Å²) in [5, 5.41) is 41.9. The highest BCUT2D eigenvalue weighted by atomic mass is 16.6. The molecule has 0 unspecified atom stereocenters.